The first-order valence-corrected chi connectivity index (χ1v) is 11.1. The van der Waals surface area contributed by atoms with Crippen LogP contribution in [-0.4, -0.2) is 30.7 Å². The Morgan fingerprint density at radius 1 is 1.14 bits per heavy atom. The lowest BCUT2D eigenvalue weighted by Gasteiger charge is -2.36. The summed E-state index contributed by atoms with van der Waals surface area (Å²) in [5.74, 6) is -0.215. The molecule has 0 N–H and O–H groups in total. The second-order valence-corrected chi connectivity index (χ2v) is 8.94. The Morgan fingerprint density at radius 2 is 1.90 bits per heavy atom. The summed E-state index contributed by atoms with van der Waals surface area (Å²) in [5, 5.41) is 0. The fourth-order valence-corrected chi connectivity index (χ4v) is 5.40. The summed E-state index contributed by atoms with van der Waals surface area (Å²) in [4.78, 5) is 30.9. The van der Waals surface area contributed by atoms with Crippen molar-refractivity contribution in [3.05, 3.63) is 39.5 Å². The molecule has 5 nitrogen and oxygen atoms in total. The maximum atomic E-state index is 13.2. The molecular weight excluding hydrogens is 434 g/mol. The van der Waals surface area contributed by atoms with E-state index >= 15 is 0 Å². The summed E-state index contributed by atoms with van der Waals surface area (Å²) in [5.41, 5.74) is 3.00. The molecule has 2 aliphatic carbocycles. The second-order valence-electron chi connectivity index (χ2n) is 8.08. The molecule has 6 heteroatoms. The largest absolute Gasteiger partial charge is 0.496 e. The number of hydrogen-bond acceptors (Lipinski definition) is 5. The molecule has 2 atom stereocenters. The van der Waals surface area contributed by atoms with E-state index in [1.54, 1.807) is 7.11 Å². The van der Waals surface area contributed by atoms with Crippen LogP contribution in [0.4, 0.5) is 0 Å². The predicted octanol–water partition coefficient (Wildman–Crippen LogP) is 5.12. The van der Waals surface area contributed by atoms with Gasteiger partial charge in [-0.2, -0.15) is 0 Å². The van der Waals surface area contributed by atoms with Gasteiger partial charge in [-0.25, -0.2) is 4.79 Å². The first kappa shape index (κ1) is 20.3. The average Bonchev–Trinajstić information content (AvgIpc) is 3.20. The van der Waals surface area contributed by atoms with Gasteiger partial charge < -0.3 is 9.47 Å². The predicted molar refractivity (Wildman–Crippen MR) is 114 cm³/mol. The summed E-state index contributed by atoms with van der Waals surface area (Å²) in [6.07, 6.45) is 6.12. The Bertz CT molecular complexity index is 898. The van der Waals surface area contributed by atoms with Crippen LogP contribution in [0.3, 0.4) is 0 Å². The number of carbonyl (C=O) groups is 2. The van der Waals surface area contributed by atoms with Crippen LogP contribution in [0.1, 0.15) is 63.4 Å². The van der Waals surface area contributed by atoms with Crippen LogP contribution in [0.2, 0.25) is 0 Å². The van der Waals surface area contributed by atoms with Gasteiger partial charge in [0.15, 0.2) is 0 Å². The molecule has 29 heavy (non-hydrogen) atoms. The molecular formula is C23H26BrNO4. The van der Waals surface area contributed by atoms with E-state index in [0.717, 1.165) is 54.3 Å². The van der Waals surface area contributed by atoms with Gasteiger partial charge in [0.1, 0.15) is 17.6 Å². The second kappa shape index (κ2) is 8.42. The lowest BCUT2D eigenvalue weighted by molar-refractivity contribution is -0.144. The van der Waals surface area contributed by atoms with Crippen LogP contribution in [0, 0.1) is 5.92 Å². The Morgan fingerprint density at radius 3 is 2.59 bits per heavy atom. The minimum Gasteiger partial charge on any atom is -0.496 e. The van der Waals surface area contributed by atoms with Crippen molar-refractivity contribution in [1.29, 1.82) is 0 Å². The zero-order chi connectivity index (χ0) is 20.5. The maximum Gasteiger partial charge on any atom is 0.336 e. The summed E-state index contributed by atoms with van der Waals surface area (Å²) in [6, 6.07) is 5.76. The molecule has 0 bridgehead atoms. The number of esters is 1. The van der Waals surface area contributed by atoms with Crippen molar-refractivity contribution in [1.82, 2.24) is 0 Å². The van der Waals surface area contributed by atoms with Crippen molar-refractivity contribution in [3.8, 4) is 5.75 Å². The summed E-state index contributed by atoms with van der Waals surface area (Å²) in [6.45, 7) is 1.86. The van der Waals surface area contributed by atoms with Crippen molar-refractivity contribution in [3.63, 3.8) is 0 Å². The van der Waals surface area contributed by atoms with Crippen LogP contribution in [0.25, 0.3) is 0 Å². The number of halogens is 1. The minimum absolute atomic E-state index is 0.0292. The Kier molecular flexibility index (Phi) is 5.91. The van der Waals surface area contributed by atoms with Gasteiger partial charge in [0.05, 0.1) is 23.1 Å². The molecule has 0 saturated heterocycles. The van der Waals surface area contributed by atoms with E-state index in [0.29, 0.717) is 23.4 Å². The van der Waals surface area contributed by atoms with Gasteiger partial charge in [0.2, 0.25) is 0 Å². The van der Waals surface area contributed by atoms with Gasteiger partial charge in [-0.15, -0.1) is 0 Å². The molecule has 0 amide bonds. The van der Waals surface area contributed by atoms with Gasteiger partial charge in [-0.1, -0.05) is 6.07 Å². The summed E-state index contributed by atoms with van der Waals surface area (Å²) < 4.78 is 12.0. The zero-order valence-corrected chi connectivity index (χ0v) is 18.5. The Balaban J connectivity index is 1.77. The number of methoxy groups -OCH3 is 1. The van der Waals surface area contributed by atoms with Gasteiger partial charge >= 0.3 is 5.97 Å². The third kappa shape index (κ3) is 3.91. The third-order valence-electron chi connectivity index (χ3n) is 6.24. The smallest absolute Gasteiger partial charge is 0.336 e. The number of rotatable bonds is 4. The third-order valence-corrected chi connectivity index (χ3v) is 6.86. The number of nitrogens with zero attached hydrogens (tertiary/aromatic N) is 1. The van der Waals surface area contributed by atoms with E-state index in [9.17, 15) is 9.59 Å². The van der Waals surface area contributed by atoms with Crippen LogP contribution in [-0.2, 0) is 14.3 Å². The number of ketones is 1. The monoisotopic (exact) mass is 459 g/mol. The van der Waals surface area contributed by atoms with Gasteiger partial charge in [-0.05, 0) is 79.1 Å². The van der Waals surface area contributed by atoms with E-state index in [2.05, 4.69) is 15.9 Å². The minimum atomic E-state index is -0.390. The summed E-state index contributed by atoms with van der Waals surface area (Å²) >= 11 is 3.55. The Labute approximate surface area is 179 Å². The fourth-order valence-electron chi connectivity index (χ4n) is 4.84. The average molecular weight is 460 g/mol. The highest BCUT2D eigenvalue weighted by molar-refractivity contribution is 9.10. The lowest BCUT2D eigenvalue weighted by Crippen LogP contribution is -2.39. The highest BCUT2D eigenvalue weighted by Gasteiger charge is 2.44. The van der Waals surface area contributed by atoms with Crippen molar-refractivity contribution >= 4 is 33.4 Å². The van der Waals surface area contributed by atoms with E-state index < -0.39 is 0 Å². The van der Waals surface area contributed by atoms with Gasteiger partial charge in [-0.3, -0.25) is 9.79 Å². The number of benzene rings is 1. The lowest BCUT2D eigenvalue weighted by atomic mass is 9.69. The van der Waals surface area contributed by atoms with E-state index in [-0.39, 0.29) is 29.7 Å². The van der Waals surface area contributed by atoms with Crippen molar-refractivity contribution in [2.24, 2.45) is 10.9 Å². The molecule has 2 saturated carbocycles. The molecule has 1 heterocycles. The normalized spacial score (nSPS) is 24.9. The molecule has 0 spiro atoms. The fraction of sp³-hybridized carbons (Fsp3) is 0.522. The van der Waals surface area contributed by atoms with Crippen LogP contribution < -0.4 is 4.74 Å². The van der Waals surface area contributed by atoms with E-state index in [4.69, 9.17) is 14.5 Å². The standard InChI is InChI=1S/C23H26BrNO4/c1-13-20(23(27)29-15-6-3-4-7-15)21(14-10-11-19(28-2)16(24)12-14)22-17(25-13)8-5-9-18(22)26/h10-12,15,21-22H,3-9H2,1-2H3. The number of allylic oxidation sites excluding steroid dienone is 1. The molecule has 2 fully saturated rings. The van der Waals surface area contributed by atoms with E-state index in [1.165, 1.54) is 0 Å². The van der Waals surface area contributed by atoms with Crippen LogP contribution in [0.5, 0.6) is 5.75 Å². The van der Waals surface area contributed by atoms with Crippen LogP contribution >= 0.6 is 15.9 Å². The number of aliphatic imine (C=N–C) groups is 1. The number of fused-ring (bicyclic) bond motifs is 1. The van der Waals surface area contributed by atoms with Gasteiger partial charge in [0, 0.05) is 23.7 Å². The summed E-state index contributed by atoms with van der Waals surface area (Å²) in [7, 11) is 1.62. The van der Waals surface area contributed by atoms with Crippen molar-refractivity contribution in [2.75, 3.05) is 7.11 Å². The van der Waals surface area contributed by atoms with Crippen molar-refractivity contribution < 1.29 is 19.1 Å². The topological polar surface area (TPSA) is 65.0 Å². The molecule has 1 aromatic carbocycles. The molecule has 3 aliphatic rings. The molecule has 2 unspecified atom stereocenters. The zero-order valence-electron chi connectivity index (χ0n) is 16.9. The van der Waals surface area contributed by atoms with E-state index in [1.807, 2.05) is 25.1 Å². The molecule has 4 rings (SSSR count). The first-order valence-electron chi connectivity index (χ1n) is 10.3. The quantitative estimate of drug-likeness (QED) is 0.585. The Hall–Kier alpha value is -1.95. The molecule has 0 radical (unpaired) electrons. The highest BCUT2D eigenvalue weighted by Crippen LogP contribution is 2.44. The first-order chi connectivity index (χ1) is 14.0. The maximum absolute atomic E-state index is 13.2. The molecule has 0 aromatic heterocycles. The molecule has 1 aromatic rings. The van der Waals surface area contributed by atoms with Crippen molar-refractivity contribution in [2.45, 2.75) is 63.9 Å². The highest BCUT2D eigenvalue weighted by atomic mass is 79.9. The molecule has 154 valence electrons. The van der Waals surface area contributed by atoms with Crippen LogP contribution in [0.15, 0.2) is 38.9 Å². The SMILES string of the molecule is COc1ccc(C2C(C(=O)OC3CCCC3)=C(C)N=C3CCCC(=O)C32)cc1Br. The number of hydrogen-bond donors (Lipinski definition) is 0. The number of ether oxygens (including phenoxy) is 2. The van der Waals surface area contributed by atoms with Gasteiger partial charge in [0.25, 0.3) is 0 Å². The number of carbonyl (C=O) groups excluding carboxylic acids is 2. The molecule has 1 aliphatic heterocycles. The number of Topliss-reactive ketones (excluding diaryl/α,β-unsaturated/α-hetero) is 1.